The number of nitrogens with one attached hydrogen (secondary N) is 1. The molecule has 0 spiro atoms. The second-order valence-corrected chi connectivity index (χ2v) is 9.69. The Kier molecular flexibility index (Phi) is 6.77. The molecule has 2 aromatic carbocycles. The summed E-state index contributed by atoms with van der Waals surface area (Å²) in [5, 5.41) is 14.4. The fourth-order valence-electron chi connectivity index (χ4n) is 4.70. The number of tetrazole rings is 1. The normalized spacial score (nSPS) is 12.5. The van der Waals surface area contributed by atoms with Crippen LogP contribution in [0.2, 0.25) is 0 Å². The van der Waals surface area contributed by atoms with Gasteiger partial charge in [-0.3, -0.25) is 9.36 Å². The fraction of sp³-hybridized carbons (Fsp3) is 0.333. The van der Waals surface area contributed by atoms with Crippen LogP contribution >= 0.6 is 0 Å². The molecule has 0 saturated carbocycles. The summed E-state index contributed by atoms with van der Waals surface area (Å²) in [7, 11) is 1.48. The van der Waals surface area contributed by atoms with Gasteiger partial charge in [0, 0.05) is 25.8 Å². The molecule has 196 valence electrons. The van der Waals surface area contributed by atoms with Gasteiger partial charge in [0.2, 0.25) is 5.82 Å². The zero-order valence-electron chi connectivity index (χ0n) is 22.0. The van der Waals surface area contributed by atoms with E-state index in [4.69, 9.17) is 4.74 Å². The highest BCUT2D eigenvalue weighted by molar-refractivity contribution is 5.80. The van der Waals surface area contributed by atoms with Gasteiger partial charge >= 0.3 is 5.69 Å². The number of benzene rings is 2. The van der Waals surface area contributed by atoms with E-state index in [1.165, 1.54) is 11.7 Å². The van der Waals surface area contributed by atoms with Gasteiger partial charge in [0.1, 0.15) is 12.1 Å². The topological polar surface area (TPSA) is 126 Å². The predicted octanol–water partition coefficient (Wildman–Crippen LogP) is 3.38. The number of hydrogen-bond donors (Lipinski definition) is 1. The van der Waals surface area contributed by atoms with Gasteiger partial charge < -0.3 is 9.30 Å². The summed E-state index contributed by atoms with van der Waals surface area (Å²) in [6.45, 7) is 8.45. The first-order chi connectivity index (χ1) is 18.3. The van der Waals surface area contributed by atoms with Gasteiger partial charge in [-0.25, -0.2) is 14.3 Å². The van der Waals surface area contributed by atoms with Crippen molar-refractivity contribution < 1.29 is 4.74 Å². The maximum atomic E-state index is 13.6. The summed E-state index contributed by atoms with van der Waals surface area (Å²) >= 11 is 0. The van der Waals surface area contributed by atoms with E-state index >= 15 is 0 Å². The molecule has 11 heteroatoms. The van der Waals surface area contributed by atoms with Crippen molar-refractivity contribution in [1.82, 2.24) is 39.3 Å². The number of fused-ring (bicyclic) bond motifs is 1. The third-order valence-electron chi connectivity index (χ3n) is 6.63. The van der Waals surface area contributed by atoms with Gasteiger partial charge in [0.25, 0.3) is 5.56 Å². The van der Waals surface area contributed by atoms with E-state index < -0.39 is 17.5 Å². The number of imidazole rings is 1. The largest absolute Gasteiger partial charge is 0.361 e. The Morgan fingerprint density at radius 1 is 0.974 bits per heavy atom. The molecule has 5 aromatic rings. The number of nitrogens with zero attached hydrogens (tertiary/aromatic N) is 7. The van der Waals surface area contributed by atoms with Crippen molar-refractivity contribution in [2.45, 2.75) is 47.0 Å². The Morgan fingerprint density at radius 3 is 2.32 bits per heavy atom. The number of methoxy groups -OCH3 is 1. The molecule has 1 atom stereocenters. The van der Waals surface area contributed by atoms with Gasteiger partial charge in [-0.05, 0) is 41.7 Å². The number of hydrogen-bond acceptors (Lipinski definition) is 7. The highest BCUT2D eigenvalue weighted by atomic mass is 16.5. The van der Waals surface area contributed by atoms with Crippen LogP contribution in [0.4, 0.5) is 0 Å². The maximum absolute atomic E-state index is 13.6. The molecule has 5 rings (SSSR count). The predicted molar refractivity (Wildman–Crippen MR) is 144 cm³/mol. The summed E-state index contributed by atoms with van der Waals surface area (Å²) in [6.07, 6.45) is -0.708. The minimum Gasteiger partial charge on any atom is -0.361 e. The van der Waals surface area contributed by atoms with E-state index in [0.29, 0.717) is 35.9 Å². The van der Waals surface area contributed by atoms with E-state index in [2.05, 4.69) is 25.6 Å². The van der Waals surface area contributed by atoms with Crippen LogP contribution in [0, 0.1) is 12.8 Å². The molecular weight excluding hydrogens is 484 g/mol. The number of aromatic amines is 1. The van der Waals surface area contributed by atoms with Crippen molar-refractivity contribution in [3.63, 3.8) is 0 Å². The Bertz CT molecular complexity index is 1700. The lowest BCUT2D eigenvalue weighted by Crippen LogP contribution is -2.43. The third-order valence-corrected chi connectivity index (χ3v) is 6.63. The van der Waals surface area contributed by atoms with Crippen LogP contribution in [0.5, 0.6) is 0 Å². The Hall–Kier alpha value is -4.38. The van der Waals surface area contributed by atoms with Crippen molar-refractivity contribution in [2.24, 2.45) is 5.92 Å². The first-order valence-corrected chi connectivity index (χ1v) is 12.5. The maximum Gasteiger partial charge on any atom is 0.334 e. The lowest BCUT2D eigenvalue weighted by Gasteiger charge is -2.17. The van der Waals surface area contributed by atoms with E-state index in [9.17, 15) is 9.59 Å². The van der Waals surface area contributed by atoms with Gasteiger partial charge in [-0.2, -0.15) is 5.21 Å². The molecule has 0 bridgehead atoms. The molecule has 0 saturated heterocycles. The molecule has 0 aliphatic heterocycles. The van der Waals surface area contributed by atoms with E-state index in [0.717, 1.165) is 22.3 Å². The van der Waals surface area contributed by atoms with Crippen LogP contribution in [0.25, 0.3) is 33.7 Å². The lowest BCUT2D eigenvalue weighted by molar-refractivity contribution is 0.0528. The van der Waals surface area contributed by atoms with Crippen LogP contribution in [0.1, 0.15) is 38.4 Å². The first-order valence-electron chi connectivity index (χ1n) is 12.5. The van der Waals surface area contributed by atoms with Crippen LogP contribution in [0.3, 0.4) is 0 Å². The third kappa shape index (κ3) is 4.45. The highest BCUT2D eigenvalue weighted by Gasteiger charge is 2.23. The molecule has 0 fully saturated rings. The van der Waals surface area contributed by atoms with Gasteiger partial charge in [-0.1, -0.05) is 62.4 Å². The summed E-state index contributed by atoms with van der Waals surface area (Å²) < 4.78 is 9.99. The molecule has 38 heavy (non-hydrogen) atoms. The zero-order valence-corrected chi connectivity index (χ0v) is 22.0. The standard InChI is InChI=1S/C27H30N8O3/c1-16(2)14-34-25-23(26(36)35(27(34)37)18(4)38-5)33(17(3)28-25)15-19-10-12-20(13-11-19)21-8-6-7-9-22(21)24-29-31-32-30-24/h6-13,16,18H,14-15H2,1-5H3,(H,29,30,31,32). The minimum atomic E-state index is -0.708. The van der Waals surface area contributed by atoms with E-state index in [1.54, 1.807) is 11.5 Å². The SMILES string of the molecule is COC(C)n1c(=O)c2c(nc(C)n2Cc2ccc(-c3ccccc3-c3nn[nH]n3)cc2)n(CC(C)C)c1=O. The second kappa shape index (κ2) is 10.2. The molecule has 0 aliphatic rings. The van der Waals surface area contributed by atoms with E-state index in [-0.39, 0.29) is 5.92 Å². The quantitative estimate of drug-likeness (QED) is 0.336. The molecular formula is C27H30N8O3. The van der Waals surface area contributed by atoms with Crippen LogP contribution in [-0.4, -0.2) is 46.4 Å². The van der Waals surface area contributed by atoms with Crippen LogP contribution in [0.15, 0.2) is 58.1 Å². The second-order valence-electron chi connectivity index (χ2n) is 9.69. The Balaban J connectivity index is 1.58. The monoisotopic (exact) mass is 514 g/mol. The number of aryl methyl sites for hydroxylation is 1. The van der Waals surface area contributed by atoms with Crippen LogP contribution in [-0.2, 0) is 17.8 Å². The van der Waals surface area contributed by atoms with Crippen molar-refractivity contribution in [2.75, 3.05) is 7.11 Å². The first kappa shape index (κ1) is 25.3. The van der Waals surface area contributed by atoms with Crippen molar-refractivity contribution in [1.29, 1.82) is 0 Å². The average molecular weight is 515 g/mol. The van der Waals surface area contributed by atoms with E-state index in [1.807, 2.05) is 73.9 Å². The summed E-state index contributed by atoms with van der Waals surface area (Å²) in [6, 6.07) is 16.0. The molecule has 1 N–H and O–H groups in total. The smallest absolute Gasteiger partial charge is 0.334 e. The van der Waals surface area contributed by atoms with Crippen molar-refractivity contribution >= 4 is 11.2 Å². The fourth-order valence-corrected chi connectivity index (χ4v) is 4.70. The van der Waals surface area contributed by atoms with Crippen molar-refractivity contribution in [3.05, 3.63) is 80.8 Å². The van der Waals surface area contributed by atoms with Crippen molar-refractivity contribution in [3.8, 4) is 22.5 Å². The molecule has 1 unspecified atom stereocenters. The molecule has 3 heterocycles. The van der Waals surface area contributed by atoms with Gasteiger partial charge in [0.15, 0.2) is 11.2 Å². The van der Waals surface area contributed by atoms with Gasteiger partial charge in [-0.15, -0.1) is 10.2 Å². The minimum absolute atomic E-state index is 0.188. The van der Waals surface area contributed by atoms with Crippen LogP contribution < -0.4 is 11.2 Å². The number of H-pyrrole nitrogens is 1. The zero-order chi connectivity index (χ0) is 27.0. The van der Waals surface area contributed by atoms with Gasteiger partial charge in [0.05, 0.1) is 0 Å². The summed E-state index contributed by atoms with van der Waals surface area (Å²) in [5.74, 6) is 1.37. The summed E-state index contributed by atoms with van der Waals surface area (Å²) in [5.41, 5.74) is 3.81. The Labute approximate surface area is 218 Å². The highest BCUT2D eigenvalue weighted by Crippen LogP contribution is 2.30. The molecule has 11 nitrogen and oxygen atoms in total. The number of aromatic nitrogens is 8. The molecule has 3 aromatic heterocycles. The molecule has 0 amide bonds. The molecule has 0 aliphatic carbocycles. The number of ether oxygens (including phenoxy) is 1. The lowest BCUT2D eigenvalue weighted by atomic mass is 9.98. The Morgan fingerprint density at radius 2 is 1.68 bits per heavy atom. The molecule has 0 radical (unpaired) electrons. The number of rotatable bonds is 8. The average Bonchev–Trinajstić information content (AvgIpc) is 3.55. The summed E-state index contributed by atoms with van der Waals surface area (Å²) in [4.78, 5) is 31.5.